The molecule has 7 rings (SSSR count). The molecule has 364 valence electrons. The first-order chi connectivity index (χ1) is 33.2. The predicted octanol–water partition coefficient (Wildman–Crippen LogP) is 4.74. The molecule has 18 nitrogen and oxygen atoms in total. The van der Waals surface area contributed by atoms with E-state index in [1.807, 2.05) is 82.2 Å². The zero-order chi connectivity index (χ0) is 50.8. The number of hydrogen-bond donors (Lipinski definition) is 6. The molecule has 24 heteroatoms. The molecule has 0 spiro atoms. The van der Waals surface area contributed by atoms with E-state index in [0.717, 1.165) is 11.1 Å². The van der Waals surface area contributed by atoms with E-state index in [-0.39, 0.29) is 24.0 Å². The van der Waals surface area contributed by atoms with Crippen molar-refractivity contribution in [2.24, 2.45) is 10.2 Å². The highest BCUT2D eigenvalue weighted by atomic mass is 19.4. The van der Waals surface area contributed by atoms with E-state index in [9.17, 15) is 45.5 Å². The fourth-order valence-corrected chi connectivity index (χ4v) is 6.12. The van der Waals surface area contributed by atoms with Gasteiger partial charge in [0.15, 0.2) is 0 Å². The molecule has 6 N–H and O–H groups in total. The highest BCUT2D eigenvalue weighted by Gasteiger charge is 2.39. The normalized spacial score (nSPS) is 16.3. The van der Waals surface area contributed by atoms with Crippen LogP contribution in [0.2, 0.25) is 0 Å². The van der Waals surface area contributed by atoms with Crippen LogP contribution < -0.4 is 21.5 Å². The number of hydrazone groups is 2. The van der Waals surface area contributed by atoms with E-state index in [1.165, 1.54) is 12.4 Å². The number of nitrogens with one attached hydrogen (secondary N) is 4. The molecular weight excluding hydrogens is 935 g/mol. The van der Waals surface area contributed by atoms with Crippen molar-refractivity contribution in [3.8, 4) is 0 Å². The van der Waals surface area contributed by atoms with Gasteiger partial charge >= 0.3 is 24.3 Å². The van der Waals surface area contributed by atoms with Crippen LogP contribution in [0.5, 0.6) is 0 Å². The summed E-state index contributed by atoms with van der Waals surface area (Å²) in [5.41, 5.74) is 9.95. The van der Waals surface area contributed by atoms with Crippen LogP contribution in [0.4, 0.5) is 26.3 Å². The standard InChI is InChI=1S/C42H38N10O4.2C2HF3O2/c53-39-33-15-7-13-31(17-33)22-46-50-42(56)38(20-36-26-52(28-44-36)24-30-11-5-2-6-12-30)48-40(54)34-16-8-14-32(18-34)21-45-49-41(55)37(47-39)19-35-25-51(27-43-35)23-29-9-3-1-4-10-29;2*3-2(4,5)1(6)7/h1-18,21-22,25-28,37-38H,19-20,23-24H2,(H,47,53)(H,48,54)(H,49,55)(H,50,56);2*(H,6,7)/b45-21+,46-22+;;/t37-,38-;;/m0../s1. The predicted molar refractivity (Wildman–Crippen MR) is 237 cm³/mol. The number of imidazole rings is 2. The number of carbonyl (C=O) groups excluding carboxylic acids is 4. The lowest BCUT2D eigenvalue weighted by Gasteiger charge is -2.17. The molecule has 2 atom stereocenters. The number of hydrogen-bond acceptors (Lipinski definition) is 10. The number of fused-ring (bicyclic) bond motifs is 4. The number of amides is 4. The number of alkyl halides is 6. The van der Waals surface area contributed by atoms with Crippen LogP contribution >= 0.6 is 0 Å². The molecule has 0 saturated heterocycles. The van der Waals surface area contributed by atoms with Crippen molar-refractivity contribution in [1.29, 1.82) is 0 Å². The molecule has 1 aliphatic rings. The summed E-state index contributed by atoms with van der Waals surface area (Å²) < 4.78 is 67.3. The lowest BCUT2D eigenvalue weighted by Crippen LogP contribution is -2.47. The van der Waals surface area contributed by atoms with E-state index in [2.05, 4.69) is 41.7 Å². The quantitative estimate of drug-likeness (QED) is 0.114. The molecule has 0 radical (unpaired) electrons. The number of rotatable bonds is 8. The third kappa shape index (κ3) is 16.7. The van der Waals surface area contributed by atoms with E-state index < -0.39 is 60.0 Å². The molecule has 0 fully saturated rings. The Morgan fingerprint density at radius 3 is 1.24 bits per heavy atom. The fourth-order valence-electron chi connectivity index (χ4n) is 6.12. The Hall–Kier alpha value is -8.96. The van der Waals surface area contributed by atoms with E-state index in [4.69, 9.17) is 19.8 Å². The van der Waals surface area contributed by atoms with Gasteiger partial charge in [-0.2, -0.15) is 36.5 Å². The van der Waals surface area contributed by atoms with Crippen LogP contribution in [0.1, 0.15) is 54.4 Å². The van der Waals surface area contributed by atoms with Crippen LogP contribution in [0.25, 0.3) is 0 Å². The number of carbonyl (C=O) groups is 6. The van der Waals surface area contributed by atoms with Gasteiger partial charge in [0.05, 0.1) is 36.5 Å². The summed E-state index contributed by atoms with van der Waals surface area (Å²) in [6.07, 6.45) is -0.183. The summed E-state index contributed by atoms with van der Waals surface area (Å²) in [4.78, 5) is 80.9. The van der Waals surface area contributed by atoms with Crippen molar-refractivity contribution < 1.29 is 65.3 Å². The van der Waals surface area contributed by atoms with Crippen molar-refractivity contribution in [3.05, 3.63) is 179 Å². The molecule has 2 aromatic heterocycles. The van der Waals surface area contributed by atoms with Gasteiger partial charge in [0, 0.05) is 49.5 Å². The topological polar surface area (TPSA) is 251 Å². The van der Waals surface area contributed by atoms with Gasteiger partial charge in [-0.1, -0.05) is 84.9 Å². The minimum Gasteiger partial charge on any atom is -0.475 e. The Bertz CT molecular complexity index is 2640. The number of benzene rings is 4. The first-order valence-electron chi connectivity index (χ1n) is 20.4. The van der Waals surface area contributed by atoms with E-state index in [1.54, 1.807) is 61.2 Å². The largest absolute Gasteiger partial charge is 0.490 e. The number of halogens is 6. The minimum atomic E-state index is -5.08. The zero-order valence-electron chi connectivity index (χ0n) is 36.1. The fraction of sp³-hybridized carbons (Fsp3) is 0.174. The van der Waals surface area contributed by atoms with Crippen molar-refractivity contribution >= 4 is 48.0 Å². The highest BCUT2D eigenvalue weighted by molar-refractivity contribution is 6.00. The summed E-state index contributed by atoms with van der Waals surface area (Å²) >= 11 is 0. The van der Waals surface area contributed by atoms with Gasteiger partial charge in [-0.15, -0.1) is 0 Å². The molecule has 4 amide bonds. The maximum atomic E-state index is 13.6. The number of nitrogens with zero attached hydrogens (tertiary/aromatic N) is 6. The monoisotopic (exact) mass is 974 g/mol. The molecule has 0 saturated carbocycles. The average molecular weight is 975 g/mol. The van der Waals surface area contributed by atoms with Gasteiger partial charge in [0.25, 0.3) is 23.6 Å². The molecular formula is C46H40F6N10O8. The number of aliphatic carboxylic acids is 2. The lowest BCUT2D eigenvalue weighted by atomic mass is 10.1. The summed E-state index contributed by atoms with van der Waals surface area (Å²) in [6, 6.07) is 30.8. The van der Waals surface area contributed by atoms with Crippen LogP contribution in [-0.4, -0.2) is 102 Å². The Morgan fingerprint density at radius 1 is 0.543 bits per heavy atom. The smallest absolute Gasteiger partial charge is 0.475 e. The lowest BCUT2D eigenvalue weighted by molar-refractivity contribution is -0.193. The van der Waals surface area contributed by atoms with Crippen molar-refractivity contribution in [3.63, 3.8) is 0 Å². The summed E-state index contributed by atoms with van der Waals surface area (Å²) in [7, 11) is 0. The first-order valence-corrected chi connectivity index (χ1v) is 20.4. The van der Waals surface area contributed by atoms with Gasteiger partial charge < -0.3 is 30.0 Å². The van der Waals surface area contributed by atoms with Crippen LogP contribution in [-0.2, 0) is 45.1 Å². The maximum absolute atomic E-state index is 13.6. The number of aromatic nitrogens is 4. The molecule has 0 aliphatic carbocycles. The first kappa shape index (κ1) is 52.0. The zero-order valence-corrected chi connectivity index (χ0v) is 36.1. The molecule has 6 aromatic rings. The molecule has 4 bridgehead atoms. The van der Waals surface area contributed by atoms with Gasteiger partial charge in [-0.05, 0) is 46.5 Å². The molecule has 3 heterocycles. The van der Waals surface area contributed by atoms with E-state index >= 15 is 0 Å². The number of carboxylic acids is 2. The third-order valence-electron chi connectivity index (χ3n) is 9.42. The Balaban J connectivity index is 0.000000570. The van der Waals surface area contributed by atoms with Gasteiger partial charge in [0.1, 0.15) is 12.1 Å². The second-order valence-corrected chi connectivity index (χ2v) is 14.8. The van der Waals surface area contributed by atoms with E-state index in [0.29, 0.717) is 35.6 Å². The Labute approximate surface area is 392 Å². The van der Waals surface area contributed by atoms with Crippen LogP contribution in [0.15, 0.2) is 144 Å². The van der Waals surface area contributed by atoms with Crippen molar-refractivity contribution in [2.45, 2.75) is 50.4 Å². The molecule has 1 aliphatic heterocycles. The SMILES string of the molecule is O=C(O)C(F)(F)F.O=C(O)C(F)(F)F.O=C1N[C@@H](Cc2cn(Cc3ccccc3)cn2)C(=O)N/N=C/c2cccc(c2)C(=O)N[C@@H](Cc2cn(Cc3ccccc3)cn2)C(=O)N/N=C/c2cccc1c2. The molecule has 70 heavy (non-hydrogen) atoms. The Kier molecular flexibility index (Phi) is 18.0. The average Bonchev–Trinajstić information content (AvgIpc) is 3.97. The van der Waals surface area contributed by atoms with Crippen LogP contribution in [0.3, 0.4) is 0 Å². The highest BCUT2D eigenvalue weighted by Crippen LogP contribution is 2.15. The second-order valence-electron chi connectivity index (χ2n) is 14.8. The van der Waals surface area contributed by atoms with Crippen LogP contribution in [0, 0.1) is 0 Å². The van der Waals surface area contributed by atoms with Crippen molar-refractivity contribution in [2.75, 3.05) is 0 Å². The van der Waals surface area contributed by atoms with Gasteiger partial charge in [-0.3, -0.25) is 19.2 Å². The molecule has 0 unspecified atom stereocenters. The summed E-state index contributed by atoms with van der Waals surface area (Å²) in [6.45, 7) is 1.18. The maximum Gasteiger partial charge on any atom is 0.490 e. The number of carboxylic acid groups (broad SMARTS) is 2. The summed E-state index contributed by atoms with van der Waals surface area (Å²) in [5, 5.41) is 28.2. The Morgan fingerprint density at radius 2 is 0.900 bits per heavy atom. The minimum absolute atomic E-state index is 0.0894. The molecule has 4 aromatic carbocycles. The van der Waals surface area contributed by atoms with Crippen molar-refractivity contribution in [1.82, 2.24) is 40.6 Å². The van der Waals surface area contributed by atoms with Gasteiger partial charge in [-0.25, -0.2) is 30.4 Å². The third-order valence-corrected chi connectivity index (χ3v) is 9.42. The van der Waals surface area contributed by atoms with Gasteiger partial charge in [0.2, 0.25) is 0 Å². The summed E-state index contributed by atoms with van der Waals surface area (Å²) in [5.74, 6) is -7.66. The second kappa shape index (κ2) is 24.2.